The molecule has 0 saturated heterocycles. The lowest BCUT2D eigenvalue weighted by atomic mass is 10.3. The third kappa shape index (κ3) is 4.41. The van der Waals surface area contributed by atoms with Gasteiger partial charge in [0, 0.05) is 17.4 Å². The molecule has 0 aromatic heterocycles. The fraction of sp³-hybridized carbons (Fsp3) is 0.235. The van der Waals surface area contributed by atoms with Crippen LogP contribution in [-0.2, 0) is 14.8 Å². The molecule has 1 aliphatic heterocycles. The van der Waals surface area contributed by atoms with E-state index in [0.29, 0.717) is 35.3 Å². The summed E-state index contributed by atoms with van der Waals surface area (Å²) in [7, 11) is -3.83. The van der Waals surface area contributed by atoms with Gasteiger partial charge >= 0.3 is 0 Å². The molecule has 0 bridgehead atoms. The third-order valence-electron chi connectivity index (χ3n) is 3.53. The molecule has 7 nitrogen and oxygen atoms in total. The van der Waals surface area contributed by atoms with Crippen molar-refractivity contribution in [2.24, 2.45) is 5.73 Å². The van der Waals surface area contributed by atoms with Gasteiger partial charge in [0.15, 0.2) is 11.5 Å². The topological polar surface area (TPSA) is 108 Å². The van der Waals surface area contributed by atoms with Gasteiger partial charge in [0.1, 0.15) is 0 Å². The quantitative estimate of drug-likeness (QED) is 0.728. The number of carbonyl (C=O) groups is 1. The zero-order chi connectivity index (χ0) is 18.6. The van der Waals surface area contributed by atoms with Crippen LogP contribution in [0.1, 0.15) is 6.42 Å². The van der Waals surface area contributed by atoms with Gasteiger partial charge in [-0.05, 0) is 24.3 Å². The standard InChI is InChI=1S/C17H18N2O5S2/c18-17(20)11-25-16-5-2-1-4-13(16)19-26(21,22)12-6-7-14-15(10-12)24-9-3-8-23-14/h1-2,4-7,10,19H,3,8-9,11H2,(H2,18,20). The zero-order valence-electron chi connectivity index (χ0n) is 13.8. The van der Waals surface area contributed by atoms with E-state index in [-0.39, 0.29) is 10.6 Å². The van der Waals surface area contributed by atoms with Crippen molar-refractivity contribution >= 4 is 33.4 Å². The van der Waals surface area contributed by atoms with Crippen molar-refractivity contribution in [2.75, 3.05) is 23.7 Å². The van der Waals surface area contributed by atoms with Gasteiger partial charge in [0.05, 0.1) is 29.5 Å². The largest absolute Gasteiger partial charge is 0.490 e. The first-order chi connectivity index (χ1) is 12.5. The van der Waals surface area contributed by atoms with Gasteiger partial charge in [-0.1, -0.05) is 12.1 Å². The van der Waals surface area contributed by atoms with Crippen LogP contribution in [0.3, 0.4) is 0 Å². The molecule has 1 amide bonds. The number of amides is 1. The molecule has 9 heteroatoms. The Bertz CT molecular complexity index is 915. The Kier molecular flexibility index (Phi) is 5.58. The molecular weight excluding hydrogens is 376 g/mol. The average Bonchev–Trinajstić information content (AvgIpc) is 2.85. The Morgan fingerprint density at radius 2 is 1.85 bits per heavy atom. The number of benzene rings is 2. The number of hydrogen-bond acceptors (Lipinski definition) is 6. The molecule has 0 saturated carbocycles. The summed E-state index contributed by atoms with van der Waals surface area (Å²) in [5.41, 5.74) is 5.54. The lowest BCUT2D eigenvalue weighted by Gasteiger charge is -2.13. The molecule has 0 atom stereocenters. The number of fused-ring (bicyclic) bond motifs is 1. The zero-order valence-corrected chi connectivity index (χ0v) is 15.4. The molecule has 3 rings (SSSR count). The van der Waals surface area contributed by atoms with E-state index >= 15 is 0 Å². The molecule has 0 radical (unpaired) electrons. The van der Waals surface area contributed by atoms with Crippen LogP contribution in [-0.4, -0.2) is 33.3 Å². The normalized spacial score (nSPS) is 13.7. The maximum atomic E-state index is 12.8. The van der Waals surface area contributed by atoms with Crippen LogP contribution in [0.5, 0.6) is 11.5 Å². The van der Waals surface area contributed by atoms with E-state index in [1.54, 1.807) is 30.3 Å². The highest BCUT2D eigenvalue weighted by Gasteiger charge is 2.20. The minimum absolute atomic E-state index is 0.0583. The molecule has 1 aliphatic rings. The number of primary amides is 1. The lowest BCUT2D eigenvalue weighted by molar-refractivity contribution is -0.115. The van der Waals surface area contributed by atoms with E-state index in [0.717, 1.165) is 6.42 Å². The van der Waals surface area contributed by atoms with Gasteiger partial charge in [0.2, 0.25) is 5.91 Å². The summed E-state index contributed by atoms with van der Waals surface area (Å²) in [5, 5.41) is 0. The smallest absolute Gasteiger partial charge is 0.262 e. The van der Waals surface area contributed by atoms with Crippen molar-refractivity contribution in [2.45, 2.75) is 16.2 Å². The second-order valence-electron chi connectivity index (χ2n) is 5.52. The fourth-order valence-corrected chi connectivity index (χ4v) is 4.25. The Balaban J connectivity index is 1.86. The molecule has 1 heterocycles. The summed E-state index contributed by atoms with van der Waals surface area (Å²) in [4.78, 5) is 11.7. The third-order valence-corrected chi connectivity index (χ3v) is 5.99. The van der Waals surface area contributed by atoms with E-state index in [2.05, 4.69) is 4.72 Å². The van der Waals surface area contributed by atoms with Gasteiger partial charge in [-0.3, -0.25) is 9.52 Å². The summed E-state index contributed by atoms with van der Waals surface area (Å²) in [6.07, 6.45) is 0.736. The van der Waals surface area contributed by atoms with Gasteiger partial charge in [-0.25, -0.2) is 8.42 Å². The predicted octanol–water partition coefficient (Wildman–Crippen LogP) is 2.23. The summed E-state index contributed by atoms with van der Waals surface area (Å²) in [5.74, 6) is 0.513. The molecule has 138 valence electrons. The van der Waals surface area contributed by atoms with Crippen LogP contribution in [0.4, 0.5) is 5.69 Å². The number of thioether (sulfide) groups is 1. The molecule has 26 heavy (non-hydrogen) atoms. The van der Waals surface area contributed by atoms with E-state index in [4.69, 9.17) is 15.2 Å². The lowest BCUT2D eigenvalue weighted by Crippen LogP contribution is -2.15. The van der Waals surface area contributed by atoms with Crippen LogP contribution in [0.15, 0.2) is 52.3 Å². The Labute approximate surface area is 155 Å². The van der Waals surface area contributed by atoms with Crippen LogP contribution in [0, 0.1) is 0 Å². The first kappa shape index (κ1) is 18.4. The summed E-state index contributed by atoms with van der Waals surface area (Å²) < 4.78 is 39.1. The van der Waals surface area contributed by atoms with E-state index in [1.165, 1.54) is 23.9 Å². The minimum atomic E-state index is -3.83. The van der Waals surface area contributed by atoms with Crippen molar-refractivity contribution in [3.8, 4) is 11.5 Å². The Morgan fingerprint density at radius 1 is 1.12 bits per heavy atom. The van der Waals surface area contributed by atoms with E-state index in [1.807, 2.05) is 0 Å². The summed E-state index contributed by atoms with van der Waals surface area (Å²) >= 11 is 1.17. The predicted molar refractivity (Wildman–Crippen MR) is 99.2 cm³/mol. The second kappa shape index (κ2) is 7.88. The van der Waals surface area contributed by atoms with Gasteiger partial charge in [-0.2, -0.15) is 0 Å². The number of rotatable bonds is 6. The molecule has 2 aromatic carbocycles. The maximum Gasteiger partial charge on any atom is 0.262 e. The average molecular weight is 394 g/mol. The minimum Gasteiger partial charge on any atom is -0.490 e. The molecule has 0 fully saturated rings. The number of nitrogens with one attached hydrogen (secondary N) is 1. The first-order valence-corrected chi connectivity index (χ1v) is 10.4. The van der Waals surface area contributed by atoms with Crippen LogP contribution >= 0.6 is 11.8 Å². The van der Waals surface area contributed by atoms with Crippen LogP contribution in [0.2, 0.25) is 0 Å². The highest BCUT2D eigenvalue weighted by Crippen LogP contribution is 2.33. The molecule has 0 aliphatic carbocycles. The second-order valence-corrected chi connectivity index (χ2v) is 8.22. The number of anilines is 1. The molecule has 0 spiro atoms. The molecular formula is C17H18N2O5S2. The first-order valence-electron chi connectivity index (χ1n) is 7.88. The van der Waals surface area contributed by atoms with Crippen molar-refractivity contribution in [3.63, 3.8) is 0 Å². The SMILES string of the molecule is NC(=O)CSc1ccccc1NS(=O)(=O)c1ccc2c(c1)OCCCO2. The van der Waals surface area contributed by atoms with Crippen LogP contribution < -0.4 is 19.9 Å². The number of hydrogen-bond donors (Lipinski definition) is 2. The number of sulfonamides is 1. The Morgan fingerprint density at radius 3 is 2.62 bits per heavy atom. The van der Waals surface area contributed by atoms with Crippen molar-refractivity contribution in [1.82, 2.24) is 0 Å². The molecule has 2 aromatic rings. The number of para-hydroxylation sites is 1. The van der Waals surface area contributed by atoms with Gasteiger partial charge in [-0.15, -0.1) is 11.8 Å². The van der Waals surface area contributed by atoms with Gasteiger partial charge in [0.25, 0.3) is 10.0 Å². The van der Waals surface area contributed by atoms with E-state index < -0.39 is 15.9 Å². The van der Waals surface area contributed by atoms with Crippen molar-refractivity contribution in [3.05, 3.63) is 42.5 Å². The number of ether oxygens (including phenoxy) is 2. The number of carbonyl (C=O) groups excluding carboxylic acids is 1. The number of nitrogens with two attached hydrogens (primary N) is 1. The maximum absolute atomic E-state index is 12.8. The molecule has 3 N–H and O–H groups in total. The van der Waals surface area contributed by atoms with Crippen LogP contribution in [0.25, 0.3) is 0 Å². The summed E-state index contributed by atoms with van der Waals surface area (Å²) in [6.45, 7) is 0.998. The monoisotopic (exact) mass is 394 g/mol. The van der Waals surface area contributed by atoms with Crippen molar-refractivity contribution in [1.29, 1.82) is 0 Å². The summed E-state index contributed by atoms with van der Waals surface area (Å²) in [6, 6.07) is 11.3. The van der Waals surface area contributed by atoms with Gasteiger partial charge < -0.3 is 15.2 Å². The van der Waals surface area contributed by atoms with E-state index in [9.17, 15) is 13.2 Å². The Hall–Kier alpha value is -2.39. The fourth-order valence-electron chi connectivity index (χ4n) is 2.34. The highest BCUT2D eigenvalue weighted by atomic mass is 32.2. The molecule has 0 unspecified atom stereocenters. The highest BCUT2D eigenvalue weighted by molar-refractivity contribution is 8.00. The van der Waals surface area contributed by atoms with Crippen molar-refractivity contribution < 1.29 is 22.7 Å².